The maximum absolute atomic E-state index is 15.4. The van der Waals surface area contributed by atoms with Crippen LogP contribution < -0.4 is 4.73 Å². The molecule has 0 saturated carbocycles. The smallest absolute Gasteiger partial charge is 0.254 e. The number of hydrogen-bond acceptors (Lipinski definition) is 7. The minimum absolute atomic E-state index is 0.0183. The van der Waals surface area contributed by atoms with Crippen molar-refractivity contribution < 1.29 is 27.5 Å². The van der Waals surface area contributed by atoms with Gasteiger partial charge in [-0.3, -0.25) is 4.79 Å². The van der Waals surface area contributed by atoms with E-state index >= 15 is 8.78 Å². The van der Waals surface area contributed by atoms with Crippen LogP contribution in [0.2, 0.25) is 5.02 Å². The lowest BCUT2D eigenvalue weighted by Crippen LogP contribution is -2.39. The molecular weight excluding hydrogens is 522 g/mol. The molecule has 5 heterocycles. The molecule has 11 nitrogen and oxygen atoms in total. The van der Waals surface area contributed by atoms with Crippen LogP contribution in [-0.4, -0.2) is 52.1 Å². The highest BCUT2D eigenvalue weighted by Crippen LogP contribution is 2.44. The molecule has 2 aliphatic heterocycles. The Balaban J connectivity index is 1.33. The number of tetrazole rings is 1. The van der Waals surface area contributed by atoms with Crippen LogP contribution in [0.25, 0.3) is 22.5 Å². The third-order valence-electron chi connectivity index (χ3n) is 6.79. The lowest BCUT2D eigenvalue weighted by atomic mass is 9.92. The van der Waals surface area contributed by atoms with Gasteiger partial charge in [-0.05, 0) is 47.4 Å². The highest BCUT2D eigenvalue weighted by atomic mass is 35.5. The van der Waals surface area contributed by atoms with Gasteiger partial charge in [-0.2, -0.15) is 13.8 Å². The first-order valence-electron chi connectivity index (χ1n) is 12.9. The lowest BCUT2D eigenvalue weighted by molar-refractivity contribution is -0.618. The molecule has 14 heteroatoms. The number of halogens is 3. The highest BCUT2D eigenvalue weighted by molar-refractivity contribution is 6.31. The summed E-state index contributed by atoms with van der Waals surface area (Å²) in [6.45, 7) is -3.22. The average Bonchev–Trinajstić information content (AvgIpc) is 3.64. The van der Waals surface area contributed by atoms with E-state index in [0.29, 0.717) is 24.2 Å². The van der Waals surface area contributed by atoms with Gasteiger partial charge in [0.1, 0.15) is 20.1 Å². The minimum Gasteiger partial charge on any atom is -0.618 e. The SMILES string of the molecule is [2H]c1nnnn1-c1ccc(Cl)c(F)c1C1=CC(=O)N2[C@H](CC[C@H]2c2ncc(-c3cc[n+]([O-])c(C([2H])([2H])O)c3F)[nH]2)C1. The summed E-state index contributed by atoms with van der Waals surface area (Å²) < 4.78 is 54.0. The second-order valence-corrected chi connectivity index (χ2v) is 9.23. The predicted octanol–water partition coefficient (Wildman–Crippen LogP) is 2.63. The predicted molar refractivity (Wildman–Crippen MR) is 128 cm³/mol. The largest absolute Gasteiger partial charge is 0.618 e. The molecule has 1 amide bonds. The number of benzene rings is 1. The van der Waals surface area contributed by atoms with Crippen LogP contribution in [-0.2, 0) is 11.4 Å². The Labute approximate surface area is 222 Å². The van der Waals surface area contributed by atoms with Gasteiger partial charge < -0.3 is 20.2 Å². The normalized spacial score (nSPS) is 20.6. The van der Waals surface area contributed by atoms with Crippen LogP contribution >= 0.6 is 11.6 Å². The van der Waals surface area contributed by atoms with E-state index in [-0.39, 0.29) is 51.0 Å². The number of amides is 1. The molecule has 2 N–H and O–H groups in total. The number of aromatic nitrogens is 7. The van der Waals surface area contributed by atoms with E-state index in [2.05, 4.69) is 25.5 Å². The number of imidazole rings is 1. The molecule has 1 fully saturated rings. The van der Waals surface area contributed by atoms with Crippen molar-refractivity contribution in [2.24, 2.45) is 0 Å². The van der Waals surface area contributed by atoms with Crippen LogP contribution in [0.4, 0.5) is 8.78 Å². The van der Waals surface area contributed by atoms with Crippen LogP contribution in [0.15, 0.2) is 43.0 Å². The molecule has 6 rings (SSSR count). The molecule has 1 aromatic carbocycles. The van der Waals surface area contributed by atoms with E-state index < -0.39 is 35.8 Å². The van der Waals surface area contributed by atoms with Gasteiger partial charge in [0, 0.05) is 29.3 Å². The van der Waals surface area contributed by atoms with Gasteiger partial charge in [-0.15, -0.1) is 5.10 Å². The van der Waals surface area contributed by atoms with E-state index in [1.807, 2.05) is 0 Å². The van der Waals surface area contributed by atoms with Gasteiger partial charge in [-0.25, -0.2) is 9.37 Å². The molecule has 0 spiro atoms. The Morgan fingerprint density at radius 1 is 1.32 bits per heavy atom. The third-order valence-corrected chi connectivity index (χ3v) is 7.09. The quantitative estimate of drug-likeness (QED) is 0.291. The molecular formula is C24H19ClF2N8O3. The Morgan fingerprint density at radius 2 is 2.16 bits per heavy atom. The number of nitrogens with zero attached hydrogens (tertiary/aromatic N) is 7. The molecule has 0 aliphatic carbocycles. The lowest BCUT2D eigenvalue weighted by Gasteiger charge is -2.33. The number of pyridine rings is 1. The summed E-state index contributed by atoms with van der Waals surface area (Å²) in [5, 5.41) is 32.1. The van der Waals surface area contributed by atoms with E-state index in [4.69, 9.17) is 15.7 Å². The Morgan fingerprint density at radius 3 is 2.92 bits per heavy atom. The number of aliphatic hydroxyl groups is 1. The summed E-state index contributed by atoms with van der Waals surface area (Å²) in [7, 11) is 0. The van der Waals surface area contributed by atoms with Gasteiger partial charge in [-0.1, -0.05) is 11.6 Å². The van der Waals surface area contributed by atoms with Crippen molar-refractivity contribution in [3.63, 3.8) is 0 Å². The molecule has 38 heavy (non-hydrogen) atoms. The van der Waals surface area contributed by atoms with E-state index in [1.165, 1.54) is 24.4 Å². The first-order chi connectivity index (χ1) is 19.5. The fourth-order valence-corrected chi connectivity index (χ4v) is 5.28. The van der Waals surface area contributed by atoms with E-state index in [0.717, 1.165) is 16.9 Å². The number of carbonyl (C=O) groups excluding carboxylic acids is 1. The molecule has 2 aliphatic rings. The average molecular weight is 544 g/mol. The first-order valence-corrected chi connectivity index (χ1v) is 11.8. The molecule has 0 unspecified atom stereocenters. The number of H-pyrrole nitrogens is 1. The van der Waals surface area contributed by atoms with Crippen LogP contribution in [0.1, 0.15) is 46.5 Å². The van der Waals surface area contributed by atoms with Crippen molar-refractivity contribution >= 4 is 23.1 Å². The molecule has 0 radical (unpaired) electrons. The summed E-state index contributed by atoms with van der Waals surface area (Å²) >= 11 is 6.07. The fraction of sp³-hybridized carbons (Fsp3) is 0.250. The topological polar surface area (TPSA) is 140 Å². The number of carbonyl (C=O) groups is 1. The summed E-state index contributed by atoms with van der Waals surface area (Å²) in [5.74, 6) is -2.11. The van der Waals surface area contributed by atoms with Gasteiger partial charge in [0.2, 0.25) is 11.7 Å². The summed E-state index contributed by atoms with van der Waals surface area (Å²) in [6, 6.07) is 3.05. The van der Waals surface area contributed by atoms with Gasteiger partial charge in [0.25, 0.3) is 5.69 Å². The monoisotopic (exact) mass is 543 g/mol. The van der Waals surface area contributed by atoms with Crippen molar-refractivity contribution in [3.8, 4) is 16.9 Å². The number of aromatic amines is 1. The van der Waals surface area contributed by atoms with Gasteiger partial charge >= 0.3 is 0 Å². The van der Waals surface area contributed by atoms with Crippen molar-refractivity contribution in [3.05, 3.63) is 81.9 Å². The fourth-order valence-electron chi connectivity index (χ4n) is 5.13. The molecule has 3 aromatic heterocycles. The van der Waals surface area contributed by atoms with Crippen LogP contribution in [0.5, 0.6) is 0 Å². The third kappa shape index (κ3) is 3.82. The molecule has 2 atom stereocenters. The number of fused-ring (bicyclic) bond motifs is 1. The van der Waals surface area contributed by atoms with Crippen molar-refractivity contribution in [2.45, 2.75) is 37.9 Å². The first kappa shape index (κ1) is 20.8. The molecule has 0 bridgehead atoms. The molecule has 1 saturated heterocycles. The van der Waals surface area contributed by atoms with Crippen molar-refractivity contribution in [1.29, 1.82) is 0 Å². The Bertz CT molecular complexity index is 1740. The van der Waals surface area contributed by atoms with E-state index in [9.17, 15) is 15.1 Å². The van der Waals surface area contributed by atoms with Crippen molar-refractivity contribution in [1.82, 2.24) is 35.1 Å². The number of hydrogen-bond donors (Lipinski definition) is 2. The zero-order chi connectivity index (χ0) is 29.2. The Hall–Kier alpha value is -4.23. The van der Waals surface area contributed by atoms with Crippen molar-refractivity contribution in [2.75, 3.05) is 0 Å². The summed E-state index contributed by atoms with van der Waals surface area (Å²) in [6.07, 6.45) is 4.43. The maximum Gasteiger partial charge on any atom is 0.254 e. The van der Waals surface area contributed by atoms with Gasteiger partial charge in [0.15, 0.2) is 12.0 Å². The van der Waals surface area contributed by atoms with Crippen LogP contribution in [0, 0.1) is 16.8 Å². The Kier molecular flexibility index (Phi) is 5.06. The standard InChI is InChI=1S/C24H19ClF2N8O3/c25-15-2-4-17(33-11-29-31-32-33)21(23(15)27)12-7-13-1-3-18(35(13)20(37)8-12)24-28-9-16(30-24)14-5-6-34(38)19(10-36)22(14)26/h2,4-6,8-9,11,13,18,36H,1,3,7,10H2,(H,28,30)/t13-,18+/m1/s1/i10D2,11D. The summed E-state index contributed by atoms with van der Waals surface area (Å²) in [5.41, 5.74) is -0.620. The van der Waals surface area contributed by atoms with Crippen LogP contribution in [0.3, 0.4) is 0 Å². The molecule has 4 aromatic rings. The zero-order valence-corrected chi connectivity index (χ0v) is 20.0. The molecule has 194 valence electrons. The number of rotatable bonds is 5. The maximum atomic E-state index is 15.4. The second kappa shape index (κ2) is 9.26. The second-order valence-electron chi connectivity index (χ2n) is 8.82. The highest BCUT2D eigenvalue weighted by Gasteiger charge is 2.42. The summed E-state index contributed by atoms with van der Waals surface area (Å²) in [4.78, 5) is 22.3. The number of nitrogens with one attached hydrogen (secondary N) is 1. The minimum atomic E-state index is -3.22. The zero-order valence-electron chi connectivity index (χ0n) is 22.3. The van der Waals surface area contributed by atoms with Gasteiger partial charge in [0.05, 0.1) is 31.4 Å². The van der Waals surface area contributed by atoms with E-state index in [1.54, 1.807) is 4.90 Å².